The summed E-state index contributed by atoms with van der Waals surface area (Å²) in [6.45, 7) is 0.307. The van der Waals surface area contributed by atoms with E-state index in [4.69, 9.17) is 16.9 Å². The van der Waals surface area contributed by atoms with Gasteiger partial charge < -0.3 is 15.7 Å². The number of hydrogen-bond donors (Lipinski definition) is 3. The first-order chi connectivity index (χ1) is 16.0. The van der Waals surface area contributed by atoms with Gasteiger partial charge in [-0.05, 0) is 54.7 Å². The largest absolute Gasteiger partial charge is 0.387 e. The number of aliphatic hydroxyl groups excluding tert-OH is 1. The molecule has 0 aliphatic carbocycles. The zero-order chi connectivity index (χ0) is 23.2. The Balaban J connectivity index is 1.28. The molecule has 168 valence electrons. The van der Waals surface area contributed by atoms with Crippen molar-refractivity contribution in [3.05, 3.63) is 94.0 Å². The highest BCUT2D eigenvalue weighted by atomic mass is 35.5. The minimum Gasteiger partial charge on any atom is -0.387 e. The van der Waals surface area contributed by atoms with Gasteiger partial charge in [-0.2, -0.15) is 5.26 Å². The molecule has 0 bridgehead atoms. The quantitative estimate of drug-likeness (QED) is 0.465. The molecule has 1 aliphatic heterocycles. The first-order valence-electron chi connectivity index (χ1n) is 10.8. The molecule has 1 fully saturated rings. The Morgan fingerprint density at radius 2 is 2.00 bits per heavy atom. The van der Waals surface area contributed by atoms with Gasteiger partial charge in [0.25, 0.3) is 5.91 Å². The summed E-state index contributed by atoms with van der Waals surface area (Å²) in [7, 11) is 0. The molecular formula is C25H24ClN5O2. The molecule has 4 rings (SSSR count). The number of halogens is 1. The molecule has 0 saturated carbocycles. The Morgan fingerprint density at radius 1 is 1.18 bits per heavy atom. The second-order valence-electron chi connectivity index (χ2n) is 8.18. The monoisotopic (exact) mass is 461 g/mol. The summed E-state index contributed by atoms with van der Waals surface area (Å²) in [6.07, 6.45) is 6.75. The first-order valence-corrected chi connectivity index (χ1v) is 11.2. The molecule has 3 unspecified atom stereocenters. The van der Waals surface area contributed by atoms with Crippen molar-refractivity contribution in [3.63, 3.8) is 0 Å². The number of aromatic nitrogens is 2. The molecule has 1 amide bonds. The van der Waals surface area contributed by atoms with Crippen LogP contribution in [-0.4, -0.2) is 33.1 Å². The van der Waals surface area contributed by atoms with E-state index in [0.29, 0.717) is 22.8 Å². The number of nitrogens with one attached hydrogen (secondary N) is 2. The van der Waals surface area contributed by atoms with Crippen molar-refractivity contribution in [1.82, 2.24) is 20.6 Å². The van der Waals surface area contributed by atoms with Gasteiger partial charge in [0.05, 0.1) is 11.7 Å². The van der Waals surface area contributed by atoms with Gasteiger partial charge in [0, 0.05) is 48.3 Å². The number of hydrogen-bond acceptors (Lipinski definition) is 6. The summed E-state index contributed by atoms with van der Waals surface area (Å²) in [5, 5.41) is 26.4. The van der Waals surface area contributed by atoms with Gasteiger partial charge in [0.1, 0.15) is 11.2 Å². The highest BCUT2D eigenvalue weighted by Gasteiger charge is 2.30. The summed E-state index contributed by atoms with van der Waals surface area (Å²) in [6, 6.07) is 15.0. The van der Waals surface area contributed by atoms with Crippen molar-refractivity contribution < 1.29 is 9.90 Å². The zero-order valence-electron chi connectivity index (χ0n) is 17.9. The average molecular weight is 462 g/mol. The molecule has 3 atom stereocenters. The molecule has 0 spiro atoms. The van der Waals surface area contributed by atoms with Gasteiger partial charge in [0.15, 0.2) is 0 Å². The van der Waals surface area contributed by atoms with Crippen molar-refractivity contribution in [2.45, 2.75) is 44.0 Å². The minimum atomic E-state index is -0.630. The van der Waals surface area contributed by atoms with Gasteiger partial charge in [-0.15, -0.1) is 0 Å². The summed E-state index contributed by atoms with van der Waals surface area (Å²) in [5.74, 6) is -0.178. The Kier molecular flexibility index (Phi) is 7.30. The van der Waals surface area contributed by atoms with Crippen LogP contribution < -0.4 is 10.6 Å². The number of nitriles is 1. The summed E-state index contributed by atoms with van der Waals surface area (Å²) >= 11 is 5.83. The number of aliphatic hydroxyl groups is 1. The smallest absolute Gasteiger partial charge is 0.251 e. The Hall–Kier alpha value is -3.31. The van der Waals surface area contributed by atoms with Gasteiger partial charge in [-0.3, -0.25) is 9.78 Å². The molecule has 7 nitrogen and oxygen atoms in total. The van der Waals surface area contributed by atoms with E-state index in [9.17, 15) is 9.90 Å². The standard InChI is InChI=1S/C25H24ClN5O2/c26-23-8-5-20(15-29-23)24(32)22-7-6-21(31-22)10-16-1-3-19(4-2-16)25(33)30-14-18-9-17(11-27)12-28-13-18/h1-5,8-9,12-13,15,21-22,24,31-32H,6-7,10,14H2,(H,30,33). The van der Waals surface area contributed by atoms with Crippen LogP contribution >= 0.6 is 11.6 Å². The fraction of sp³-hybridized carbons (Fsp3) is 0.280. The normalized spacial score (nSPS) is 18.5. The van der Waals surface area contributed by atoms with E-state index in [-0.39, 0.29) is 18.0 Å². The molecule has 3 N–H and O–H groups in total. The molecule has 0 radical (unpaired) electrons. The maximum absolute atomic E-state index is 12.5. The second-order valence-corrected chi connectivity index (χ2v) is 8.57. The molecule has 1 saturated heterocycles. The van der Waals surface area contributed by atoms with Gasteiger partial charge in [-0.25, -0.2) is 4.98 Å². The molecule has 3 heterocycles. The van der Waals surface area contributed by atoms with Crippen LogP contribution in [-0.2, 0) is 13.0 Å². The lowest BCUT2D eigenvalue weighted by atomic mass is 10.0. The van der Waals surface area contributed by atoms with E-state index in [2.05, 4.69) is 20.6 Å². The van der Waals surface area contributed by atoms with Crippen LogP contribution in [0.3, 0.4) is 0 Å². The summed E-state index contributed by atoms with van der Waals surface area (Å²) in [4.78, 5) is 20.5. The number of carbonyl (C=O) groups excluding carboxylic acids is 1. The number of nitrogens with zero attached hydrogens (tertiary/aromatic N) is 3. The predicted molar refractivity (Wildman–Crippen MR) is 124 cm³/mol. The van der Waals surface area contributed by atoms with E-state index >= 15 is 0 Å². The Morgan fingerprint density at radius 3 is 2.73 bits per heavy atom. The molecule has 3 aromatic rings. The summed E-state index contributed by atoms with van der Waals surface area (Å²) in [5.41, 5.74) is 3.69. The fourth-order valence-electron chi connectivity index (χ4n) is 4.06. The highest BCUT2D eigenvalue weighted by molar-refractivity contribution is 6.29. The number of rotatable bonds is 7. The number of carbonyl (C=O) groups is 1. The van der Waals surface area contributed by atoms with Crippen molar-refractivity contribution in [2.24, 2.45) is 0 Å². The third-order valence-electron chi connectivity index (χ3n) is 5.82. The van der Waals surface area contributed by atoms with Gasteiger partial charge in [0.2, 0.25) is 0 Å². The third kappa shape index (κ3) is 5.93. The number of benzene rings is 1. The van der Waals surface area contributed by atoms with Crippen LogP contribution in [0.25, 0.3) is 0 Å². The highest BCUT2D eigenvalue weighted by Crippen LogP contribution is 2.27. The van der Waals surface area contributed by atoms with Crippen LogP contribution in [0.5, 0.6) is 0 Å². The SMILES string of the molecule is N#Cc1cncc(CNC(=O)c2ccc(CC3CCC(C(O)c4ccc(Cl)nc4)N3)cc2)c1. The molecule has 33 heavy (non-hydrogen) atoms. The molecular weight excluding hydrogens is 438 g/mol. The summed E-state index contributed by atoms with van der Waals surface area (Å²) < 4.78 is 0. The maximum atomic E-state index is 12.5. The number of amides is 1. The minimum absolute atomic E-state index is 0.0305. The van der Waals surface area contributed by atoms with Crippen LogP contribution in [0.1, 0.15) is 51.6 Å². The topological polar surface area (TPSA) is 111 Å². The van der Waals surface area contributed by atoms with Crippen LogP contribution in [0.2, 0.25) is 5.15 Å². The first kappa shape index (κ1) is 22.9. The molecule has 8 heteroatoms. The average Bonchev–Trinajstić information content (AvgIpc) is 3.31. The van der Waals surface area contributed by atoms with Gasteiger partial charge in [-0.1, -0.05) is 29.8 Å². The van der Waals surface area contributed by atoms with Gasteiger partial charge >= 0.3 is 0 Å². The lowest BCUT2D eigenvalue weighted by Crippen LogP contribution is -2.35. The Labute approximate surface area is 197 Å². The lowest BCUT2D eigenvalue weighted by molar-refractivity contribution is 0.0951. The van der Waals surface area contributed by atoms with E-state index in [1.165, 1.54) is 6.20 Å². The van der Waals surface area contributed by atoms with Crippen LogP contribution in [0, 0.1) is 11.3 Å². The molecule has 2 aromatic heterocycles. The molecule has 1 aromatic carbocycles. The zero-order valence-corrected chi connectivity index (χ0v) is 18.7. The Bertz CT molecular complexity index is 1140. The van der Waals surface area contributed by atoms with Crippen LogP contribution in [0.15, 0.2) is 61.1 Å². The predicted octanol–water partition coefficient (Wildman–Crippen LogP) is 3.33. The van der Waals surface area contributed by atoms with Crippen molar-refractivity contribution in [3.8, 4) is 6.07 Å². The second kappa shape index (κ2) is 10.5. The van der Waals surface area contributed by atoms with E-state index in [0.717, 1.165) is 36.0 Å². The number of pyridine rings is 2. The van der Waals surface area contributed by atoms with Crippen molar-refractivity contribution in [1.29, 1.82) is 5.26 Å². The van der Waals surface area contributed by atoms with E-state index < -0.39 is 6.10 Å². The third-order valence-corrected chi connectivity index (χ3v) is 6.05. The fourth-order valence-corrected chi connectivity index (χ4v) is 4.17. The van der Waals surface area contributed by atoms with E-state index in [1.54, 1.807) is 30.6 Å². The maximum Gasteiger partial charge on any atom is 0.251 e. The lowest BCUT2D eigenvalue weighted by Gasteiger charge is -2.20. The van der Waals surface area contributed by atoms with Crippen molar-refractivity contribution >= 4 is 17.5 Å². The van der Waals surface area contributed by atoms with Crippen molar-refractivity contribution in [2.75, 3.05) is 0 Å². The van der Waals surface area contributed by atoms with Crippen LogP contribution in [0.4, 0.5) is 0 Å². The molecule has 1 aliphatic rings. The van der Waals surface area contributed by atoms with E-state index in [1.807, 2.05) is 30.3 Å².